The van der Waals surface area contributed by atoms with E-state index < -0.39 is 0 Å². The number of hydrogen-bond acceptors (Lipinski definition) is 1. The van der Waals surface area contributed by atoms with Crippen molar-refractivity contribution < 1.29 is 0 Å². The zero-order chi connectivity index (χ0) is 8.85. The third-order valence-corrected chi connectivity index (χ3v) is 2.01. The van der Waals surface area contributed by atoms with Crippen molar-refractivity contribution in [2.24, 2.45) is 11.7 Å². The van der Waals surface area contributed by atoms with E-state index >= 15 is 0 Å². The fourth-order valence-electron chi connectivity index (χ4n) is 1.01. The highest BCUT2D eigenvalue weighted by Crippen LogP contribution is 2.14. The van der Waals surface area contributed by atoms with Gasteiger partial charge >= 0.3 is 0 Å². The van der Waals surface area contributed by atoms with Crippen LogP contribution in [0.2, 0.25) is 0 Å². The monoisotopic (exact) mass is 153 g/mol. The summed E-state index contributed by atoms with van der Waals surface area (Å²) in [6.45, 7) is 8.27. The smallest absolute Gasteiger partial charge is 0.00765 e. The average molecular weight is 153 g/mol. The second kappa shape index (κ2) is 5.14. The van der Waals surface area contributed by atoms with E-state index in [0.29, 0.717) is 5.92 Å². The summed E-state index contributed by atoms with van der Waals surface area (Å²) in [4.78, 5) is 0. The molecule has 1 nitrogen and oxygen atoms in total. The highest BCUT2D eigenvalue weighted by molar-refractivity contribution is 5.21. The molecule has 0 rings (SSSR count). The van der Waals surface area contributed by atoms with Crippen molar-refractivity contribution in [1.82, 2.24) is 0 Å². The molecule has 0 spiro atoms. The van der Waals surface area contributed by atoms with Crippen molar-refractivity contribution in [3.63, 3.8) is 0 Å². The zero-order valence-corrected chi connectivity index (χ0v) is 7.96. The Morgan fingerprint density at radius 2 is 1.82 bits per heavy atom. The fraction of sp³-hybridized carbons (Fsp3) is 0.600. The van der Waals surface area contributed by atoms with Crippen LogP contribution in [0.5, 0.6) is 0 Å². The molecule has 0 aliphatic carbocycles. The summed E-state index contributed by atoms with van der Waals surface area (Å²) < 4.78 is 0. The van der Waals surface area contributed by atoms with E-state index in [1.807, 2.05) is 26.8 Å². The molecule has 0 saturated heterocycles. The summed E-state index contributed by atoms with van der Waals surface area (Å²) in [5, 5.41) is 0. The Morgan fingerprint density at radius 3 is 2.09 bits per heavy atom. The van der Waals surface area contributed by atoms with Crippen molar-refractivity contribution in [3.05, 3.63) is 23.8 Å². The highest BCUT2D eigenvalue weighted by Gasteiger charge is 2.08. The summed E-state index contributed by atoms with van der Waals surface area (Å²) in [6.07, 6.45) is 6.29. The second-order valence-electron chi connectivity index (χ2n) is 2.94. The molecule has 11 heavy (non-hydrogen) atoms. The average Bonchev–Trinajstić information content (AvgIpc) is 1.98. The van der Waals surface area contributed by atoms with E-state index in [9.17, 15) is 0 Å². The lowest BCUT2D eigenvalue weighted by atomic mass is 9.94. The maximum Gasteiger partial charge on any atom is 0.00765 e. The van der Waals surface area contributed by atoms with Crippen molar-refractivity contribution in [2.45, 2.75) is 33.7 Å². The lowest BCUT2D eigenvalue weighted by Crippen LogP contribution is -2.25. The molecule has 1 heteroatoms. The molecule has 0 aromatic carbocycles. The maximum atomic E-state index is 5.77. The van der Waals surface area contributed by atoms with Crippen LogP contribution in [0.15, 0.2) is 23.8 Å². The number of nitrogens with two attached hydrogens (primary N) is 1. The molecular formula is C10H19N. The predicted molar refractivity (Wildman–Crippen MR) is 51.4 cm³/mol. The van der Waals surface area contributed by atoms with Gasteiger partial charge in [0.2, 0.25) is 0 Å². The van der Waals surface area contributed by atoms with Crippen LogP contribution in [-0.2, 0) is 0 Å². The van der Waals surface area contributed by atoms with Gasteiger partial charge in [-0.3, -0.25) is 0 Å². The number of rotatable bonds is 3. The topological polar surface area (TPSA) is 26.0 Å². The Balaban J connectivity index is 4.27. The largest absolute Gasteiger partial charge is 0.327 e. The molecule has 0 aliphatic rings. The number of hydrogen-bond donors (Lipinski definition) is 1. The van der Waals surface area contributed by atoms with Gasteiger partial charge in [0.15, 0.2) is 0 Å². The van der Waals surface area contributed by atoms with Gasteiger partial charge in [-0.1, -0.05) is 25.2 Å². The van der Waals surface area contributed by atoms with Gasteiger partial charge in [-0.2, -0.15) is 0 Å². The molecule has 64 valence electrons. The van der Waals surface area contributed by atoms with Gasteiger partial charge in [-0.15, -0.1) is 0 Å². The molecule has 0 aromatic heterocycles. The van der Waals surface area contributed by atoms with Gasteiger partial charge in [-0.25, -0.2) is 0 Å². The van der Waals surface area contributed by atoms with Crippen LogP contribution < -0.4 is 5.73 Å². The summed E-state index contributed by atoms with van der Waals surface area (Å²) >= 11 is 0. The van der Waals surface area contributed by atoms with E-state index in [0.717, 1.165) is 0 Å². The van der Waals surface area contributed by atoms with E-state index in [4.69, 9.17) is 5.73 Å². The molecule has 0 bridgehead atoms. The first-order valence-electron chi connectivity index (χ1n) is 4.18. The molecule has 2 unspecified atom stereocenters. The van der Waals surface area contributed by atoms with E-state index in [1.165, 1.54) is 5.57 Å². The summed E-state index contributed by atoms with van der Waals surface area (Å²) in [5.74, 6) is 0.455. The van der Waals surface area contributed by atoms with Gasteiger partial charge in [0, 0.05) is 6.04 Å². The van der Waals surface area contributed by atoms with Crippen LogP contribution in [0.1, 0.15) is 27.7 Å². The van der Waals surface area contributed by atoms with Crippen LogP contribution >= 0.6 is 0 Å². The predicted octanol–water partition coefficient (Wildman–Crippen LogP) is 2.49. The highest BCUT2D eigenvalue weighted by atomic mass is 14.6. The van der Waals surface area contributed by atoms with Crippen molar-refractivity contribution >= 4 is 0 Å². The van der Waals surface area contributed by atoms with Crippen molar-refractivity contribution in [2.75, 3.05) is 0 Å². The first kappa shape index (κ1) is 10.4. The first-order valence-corrected chi connectivity index (χ1v) is 4.18. The standard InChI is InChI=1S/C10H19N/c1-5-7-10(6-2)8(3)9(4)11/h5-9H,11H2,1-4H3/b7-5-,10-6+. The normalized spacial score (nSPS) is 18.8. The second-order valence-corrected chi connectivity index (χ2v) is 2.94. The van der Waals surface area contributed by atoms with Gasteiger partial charge < -0.3 is 5.73 Å². The fourth-order valence-corrected chi connectivity index (χ4v) is 1.01. The molecule has 0 saturated carbocycles. The third kappa shape index (κ3) is 3.38. The van der Waals surface area contributed by atoms with Crippen LogP contribution in [0.25, 0.3) is 0 Å². The molecule has 2 N–H and O–H groups in total. The van der Waals surface area contributed by atoms with Crippen LogP contribution in [-0.4, -0.2) is 6.04 Å². The molecule has 0 fully saturated rings. The first-order chi connectivity index (χ1) is 5.13. The lowest BCUT2D eigenvalue weighted by molar-refractivity contribution is 0.562. The Morgan fingerprint density at radius 1 is 1.27 bits per heavy atom. The minimum atomic E-state index is 0.234. The van der Waals surface area contributed by atoms with E-state index in [2.05, 4.69) is 19.1 Å². The molecule has 2 atom stereocenters. The van der Waals surface area contributed by atoms with Crippen molar-refractivity contribution in [3.8, 4) is 0 Å². The van der Waals surface area contributed by atoms with Crippen LogP contribution in [0.3, 0.4) is 0 Å². The summed E-state index contributed by atoms with van der Waals surface area (Å²) in [7, 11) is 0. The van der Waals surface area contributed by atoms with Crippen LogP contribution in [0.4, 0.5) is 0 Å². The minimum Gasteiger partial charge on any atom is -0.327 e. The molecular weight excluding hydrogens is 134 g/mol. The molecule has 0 amide bonds. The SMILES string of the molecule is C/C=C\C(=C/C)C(C)C(C)N. The minimum absolute atomic E-state index is 0.234. The summed E-state index contributed by atoms with van der Waals surface area (Å²) in [5.41, 5.74) is 7.09. The lowest BCUT2D eigenvalue weighted by Gasteiger charge is -2.16. The van der Waals surface area contributed by atoms with Gasteiger partial charge in [0.25, 0.3) is 0 Å². The summed E-state index contributed by atoms with van der Waals surface area (Å²) in [6, 6.07) is 0.234. The van der Waals surface area contributed by atoms with Gasteiger partial charge in [0.05, 0.1) is 0 Å². The van der Waals surface area contributed by atoms with Crippen LogP contribution in [0, 0.1) is 5.92 Å². The van der Waals surface area contributed by atoms with E-state index in [-0.39, 0.29) is 6.04 Å². The quantitative estimate of drug-likeness (QED) is 0.619. The Bertz CT molecular complexity index is 154. The maximum absolute atomic E-state index is 5.77. The van der Waals surface area contributed by atoms with E-state index in [1.54, 1.807) is 0 Å². The Hall–Kier alpha value is -0.560. The molecule has 0 aromatic rings. The molecule has 0 heterocycles. The van der Waals surface area contributed by atoms with Gasteiger partial charge in [0.1, 0.15) is 0 Å². The van der Waals surface area contributed by atoms with Crippen molar-refractivity contribution in [1.29, 1.82) is 0 Å². The molecule has 0 radical (unpaired) electrons. The Labute approximate surface area is 70.0 Å². The zero-order valence-electron chi connectivity index (χ0n) is 7.96. The molecule has 0 aliphatic heterocycles. The third-order valence-electron chi connectivity index (χ3n) is 2.01. The Kier molecular flexibility index (Phi) is 4.88. The number of allylic oxidation sites excluding steroid dienone is 3. The van der Waals surface area contributed by atoms with Gasteiger partial charge in [-0.05, 0) is 32.3 Å².